The number of carbonyl (C=O) groups is 4. The van der Waals surface area contributed by atoms with Gasteiger partial charge in [0.15, 0.2) is 5.78 Å². The number of rotatable bonds is 11. The smallest absolute Gasteiger partial charge is 0.243 e. The third-order valence-corrected chi connectivity index (χ3v) is 5.12. The lowest BCUT2D eigenvalue weighted by atomic mass is 9.79. The fourth-order valence-corrected chi connectivity index (χ4v) is 3.19. The lowest BCUT2D eigenvalue weighted by Crippen LogP contribution is -2.56. The van der Waals surface area contributed by atoms with Gasteiger partial charge in [-0.05, 0) is 42.9 Å². The first kappa shape index (κ1) is 23.2. The first-order valence-corrected chi connectivity index (χ1v) is 9.93. The normalized spacial score (nSPS) is 15.3. The quantitative estimate of drug-likeness (QED) is 0.403. The minimum absolute atomic E-state index is 0.0139. The lowest BCUT2D eigenvalue weighted by molar-refractivity contribution is -0.133. The van der Waals surface area contributed by atoms with Gasteiger partial charge in [-0.25, -0.2) is 4.39 Å². The predicted molar refractivity (Wildman–Crippen MR) is 108 cm³/mol. The van der Waals surface area contributed by atoms with Crippen molar-refractivity contribution in [3.63, 3.8) is 0 Å². The number of halogens is 1. The van der Waals surface area contributed by atoms with Crippen molar-refractivity contribution >= 4 is 29.7 Å². The summed E-state index contributed by atoms with van der Waals surface area (Å²) in [6.45, 7) is 1.45. The number of hydrogen-bond donors (Lipinski definition) is 4. The minimum Gasteiger partial charge on any atom is -0.350 e. The van der Waals surface area contributed by atoms with Gasteiger partial charge in [-0.3, -0.25) is 19.2 Å². The van der Waals surface area contributed by atoms with Crippen LogP contribution in [0.1, 0.15) is 44.6 Å². The molecule has 30 heavy (non-hydrogen) atoms. The van der Waals surface area contributed by atoms with Gasteiger partial charge in [0.25, 0.3) is 0 Å². The SMILES string of the molecule is CC(=O)N[C@H](C(=O)N[C@@H](CCC(=O)C=N)C(=O)NCc1ccc(F)cc1)C1CCC1. The summed E-state index contributed by atoms with van der Waals surface area (Å²) in [5.74, 6) is -2.14. The molecule has 1 saturated carbocycles. The molecule has 8 nitrogen and oxygen atoms in total. The third kappa shape index (κ3) is 7.06. The molecule has 0 bridgehead atoms. The molecule has 2 atom stereocenters. The summed E-state index contributed by atoms with van der Waals surface area (Å²) < 4.78 is 13.0. The van der Waals surface area contributed by atoms with E-state index in [4.69, 9.17) is 5.41 Å². The van der Waals surface area contributed by atoms with E-state index in [0.29, 0.717) is 11.8 Å². The van der Waals surface area contributed by atoms with Crippen LogP contribution in [0.2, 0.25) is 0 Å². The molecule has 0 saturated heterocycles. The van der Waals surface area contributed by atoms with Crippen molar-refractivity contribution in [3.05, 3.63) is 35.6 Å². The van der Waals surface area contributed by atoms with Gasteiger partial charge in [0.2, 0.25) is 17.7 Å². The highest BCUT2D eigenvalue weighted by molar-refractivity contribution is 6.26. The molecule has 3 amide bonds. The molecule has 0 aliphatic heterocycles. The average Bonchev–Trinajstić information content (AvgIpc) is 2.67. The highest BCUT2D eigenvalue weighted by atomic mass is 19.1. The zero-order chi connectivity index (χ0) is 22.1. The average molecular weight is 418 g/mol. The first-order valence-electron chi connectivity index (χ1n) is 9.93. The van der Waals surface area contributed by atoms with E-state index in [1.54, 1.807) is 0 Å². The Kier molecular flexibility index (Phi) is 8.64. The molecule has 0 aromatic heterocycles. The van der Waals surface area contributed by atoms with Crippen molar-refractivity contribution in [2.45, 2.75) is 57.7 Å². The van der Waals surface area contributed by atoms with Gasteiger partial charge in [-0.15, -0.1) is 0 Å². The molecule has 1 fully saturated rings. The van der Waals surface area contributed by atoms with Gasteiger partial charge in [-0.2, -0.15) is 0 Å². The fourth-order valence-electron chi connectivity index (χ4n) is 3.19. The van der Waals surface area contributed by atoms with Crippen LogP contribution in [0.15, 0.2) is 24.3 Å². The number of hydrogen-bond acceptors (Lipinski definition) is 5. The Morgan fingerprint density at radius 1 is 1.13 bits per heavy atom. The molecular weight excluding hydrogens is 391 g/mol. The van der Waals surface area contributed by atoms with E-state index in [1.165, 1.54) is 31.2 Å². The molecule has 0 unspecified atom stereocenters. The molecule has 0 radical (unpaired) electrons. The molecule has 0 spiro atoms. The van der Waals surface area contributed by atoms with Crippen LogP contribution in [-0.2, 0) is 25.7 Å². The number of Topliss-reactive ketones (excluding diaryl/α,β-unsaturated/α-hetero) is 1. The molecule has 1 aliphatic carbocycles. The van der Waals surface area contributed by atoms with Crippen molar-refractivity contribution < 1.29 is 23.6 Å². The summed E-state index contributed by atoms with van der Waals surface area (Å²) in [4.78, 5) is 48.4. The largest absolute Gasteiger partial charge is 0.350 e. The molecule has 162 valence electrons. The minimum atomic E-state index is -1.00. The Bertz CT molecular complexity index is 793. The predicted octanol–water partition coefficient (Wildman–Crippen LogP) is 1.23. The van der Waals surface area contributed by atoms with Gasteiger partial charge in [0.05, 0.1) is 6.21 Å². The molecule has 1 aromatic rings. The van der Waals surface area contributed by atoms with Crippen LogP contribution in [0.5, 0.6) is 0 Å². The second-order valence-corrected chi connectivity index (χ2v) is 7.42. The Morgan fingerprint density at radius 2 is 1.80 bits per heavy atom. The van der Waals surface area contributed by atoms with Gasteiger partial charge in [0.1, 0.15) is 17.9 Å². The van der Waals surface area contributed by atoms with Crippen molar-refractivity contribution in [3.8, 4) is 0 Å². The van der Waals surface area contributed by atoms with Gasteiger partial charge >= 0.3 is 0 Å². The monoisotopic (exact) mass is 418 g/mol. The van der Waals surface area contributed by atoms with Crippen LogP contribution >= 0.6 is 0 Å². The number of amides is 3. The lowest BCUT2D eigenvalue weighted by Gasteiger charge is -2.34. The Hall–Kier alpha value is -3.10. The van der Waals surface area contributed by atoms with Gasteiger partial charge < -0.3 is 21.4 Å². The fraction of sp³-hybridized carbons (Fsp3) is 0.476. The maximum atomic E-state index is 13.0. The zero-order valence-corrected chi connectivity index (χ0v) is 16.9. The Balaban J connectivity index is 2.04. The maximum absolute atomic E-state index is 13.0. The molecule has 2 rings (SSSR count). The summed E-state index contributed by atoms with van der Waals surface area (Å²) in [5, 5.41) is 15.0. The number of nitrogens with one attached hydrogen (secondary N) is 4. The van der Waals surface area contributed by atoms with Gasteiger partial charge in [0, 0.05) is 19.9 Å². The first-order chi connectivity index (χ1) is 14.3. The summed E-state index contributed by atoms with van der Waals surface area (Å²) in [7, 11) is 0. The summed E-state index contributed by atoms with van der Waals surface area (Å²) >= 11 is 0. The van der Waals surface area contributed by atoms with Gasteiger partial charge in [-0.1, -0.05) is 18.6 Å². The van der Waals surface area contributed by atoms with E-state index in [1.807, 2.05) is 0 Å². The molecule has 1 aliphatic rings. The summed E-state index contributed by atoms with van der Waals surface area (Å²) in [6.07, 6.45) is 3.21. The summed E-state index contributed by atoms with van der Waals surface area (Å²) in [5.41, 5.74) is 0.677. The van der Waals surface area contributed by atoms with E-state index in [9.17, 15) is 23.6 Å². The van der Waals surface area contributed by atoms with E-state index in [0.717, 1.165) is 19.3 Å². The van der Waals surface area contributed by atoms with Crippen molar-refractivity contribution in [1.82, 2.24) is 16.0 Å². The highest BCUT2D eigenvalue weighted by Crippen LogP contribution is 2.29. The van der Waals surface area contributed by atoms with E-state index in [2.05, 4.69) is 16.0 Å². The van der Waals surface area contributed by atoms with Crippen LogP contribution < -0.4 is 16.0 Å². The second kappa shape index (κ2) is 11.2. The number of benzene rings is 1. The molecule has 9 heteroatoms. The highest BCUT2D eigenvalue weighted by Gasteiger charge is 2.35. The zero-order valence-electron chi connectivity index (χ0n) is 16.9. The van der Waals surface area contributed by atoms with Crippen LogP contribution in [0.25, 0.3) is 0 Å². The summed E-state index contributed by atoms with van der Waals surface area (Å²) in [6, 6.07) is 3.89. The molecule has 4 N–H and O–H groups in total. The van der Waals surface area contributed by atoms with Crippen molar-refractivity contribution in [2.24, 2.45) is 5.92 Å². The van der Waals surface area contributed by atoms with E-state index >= 15 is 0 Å². The van der Waals surface area contributed by atoms with E-state index < -0.39 is 29.7 Å². The Labute approximate surface area is 174 Å². The number of carbonyl (C=O) groups excluding carboxylic acids is 4. The van der Waals surface area contributed by atoms with E-state index in [-0.39, 0.29) is 37.0 Å². The molecule has 1 aromatic carbocycles. The molecule has 0 heterocycles. The molecular formula is C21H27FN4O4. The van der Waals surface area contributed by atoms with Crippen LogP contribution in [-0.4, -0.2) is 41.8 Å². The maximum Gasteiger partial charge on any atom is 0.243 e. The van der Waals surface area contributed by atoms with Crippen LogP contribution in [0.4, 0.5) is 4.39 Å². The third-order valence-electron chi connectivity index (χ3n) is 5.12. The van der Waals surface area contributed by atoms with Crippen LogP contribution in [0.3, 0.4) is 0 Å². The van der Waals surface area contributed by atoms with Crippen molar-refractivity contribution in [2.75, 3.05) is 0 Å². The second-order valence-electron chi connectivity index (χ2n) is 7.42. The van der Waals surface area contributed by atoms with Crippen LogP contribution in [0, 0.1) is 17.1 Å². The van der Waals surface area contributed by atoms with Crippen molar-refractivity contribution in [1.29, 1.82) is 5.41 Å². The number of ketones is 1. The topological polar surface area (TPSA) is 128 Å². The standard InChI is InChI=1S/C21H27FN4O4/c1-13(27)25-19(15-3-2-4-15)21(30)26-18(10-9-17(28)11-23)20(29)24-12-14-5-7-16(22)8-6-14/h5-8,11,15,18-19,23H,2-4,9-10,12H2,1H3,(H,24,29)(H,25,27)(H,26,30)/t18-,19-/m0/s1. The Morgan fingerprint density at radius 3 is 2.33 bits per heavy atom.